The van der Waals surface area contributed by atoms with Crippen molar-refractivity contribution in [2.45, 2.75) is 26.4 Å². The zero-order valence-corrected chi connectivity index (χ0v) is 10.2. The van der Waals surface area contributed by atoms with Gasteiger partial charge in [0.05, 0.1) is 0 Å². The van der Waals surface area contributed by atoms with Crippen LogP contribution in [0.3, 0.4) is 0 Å². The fraction of sp³-hybridized carbons (Fsp3) is 0.364. The lowest BCUT2D eigenvalue weighted by Crippen LogP contribution is -2.27. The molecule has 0 unspecified atom stereocenters. The van der Waals surface area contributed by atoms with Crippen LogP contribution in [0.5, 0.6) is 0 Å². The summed E-state index contributed by atoms with van der Waals surface area (Å²) in [5.41, 5.74) is 0.834. The van der Waals surface area contributed by atoms with Gasteiger partial charge in [-0.3, -0.25) is 5.32 Å². The highest BCUT2D eigenvalue weighted by Crippen LogP contribution is 2.10. The minimum Gasteiger partial charge on any atom is -0.444 e. The molecule has 1 amide bonds. The molecule has 1 aromatic rings. The van der Waals surface area contributed by atoms with Crippen molar-refractivity contribution < 1.29 is 20.5 Å². The zero-order valence-electron chi connectivity index (χ0n) is 10.2. The maximum absolute atomic E-state index is 11.3. The molecule has 0 heterocycles. The lowest BCUT2D eigenvalue weighted by Gasteiger charge is -2.19. The van der Waals surface area contributed by atoms with Gasteiger partial charge in [-0.25, -0.2) is 4.79 Å². The molecule has 17 heavy (non-hydrogen) atoms. The highest BCUT2D eigenvalue weighted by Gasteiger charge is 2.15. The van der Waals surface area contributed by atoms with E-state index in [1.165, 1.54) is 0 Å². The molecule has 0 aliphatic heterocycles. The standard InChI is InChI=1S/C11H14BNO2.2H2O/c1-11(2,3)15-10(14)13-9-6-4-8(12)5-7-9;;/h4-7H,1-3H3,(H,13,14);2*1H2. The van der Waals surface area contributed by atoms with Gasteiger partial charge >= 0.3 is 6.09 Å². The van der Waals surface area contributed by atoms with Crippen LogP contribution in [0.1, 0.15) is 20.8 Å². The SMILES string of the molecule is O.O.[B]c1ccc(NC(=O)OC(C)(C)C)cc1. The first-order valence-electron chi connectivity index (χ1n) is 4.72. The fourth-order valence-corrected chi connectivity index (χ4v) is 0.988. The van der Waals surface area contributed by atoms with E-state index in [9.17, 15) is 4.79 Å². The number of hydrogen-bond donors (Lipinski definition) is 1. The second-order valence-electron chi connectivity index (χ2n) is 4.25. The van der Waals surface area contributed by atoms with Crippen molar-refractivity contribution in [3.63, 3.8) is 0 Å². The van der Waals surface area contributed by atoms with E-state index in [1.807, 2.05) is 20.8 Å². The molecule has 6 heteroatoms. The summed E-state index contributed by atoms with van der Waals surface area (Å²) in [7, 11) is 5.52. The van der Waals surface area contributed by atoms with E-state index in [0.29, 0.717) is 11.2 Å². The molecular weight excluding hydrogens is 221 g/mol. The molecule has 94 valence electrons. The Balaban J connectivity index is 0. The van der Waals surface area contributed by atoms with Crippen molar-refractivity contribution in [3.8, 4) is 0 Å². The maximum Gasteiger partial charge on any atom is 0.412 e. The van der Waals surface area contributed by atoms with Crippen molar-refractivity contribution in [1.82, 2.24) is 0 Å². The van der Waals surface area contributed by atoms with Gasteiger partial charge in [0.25, 0.3) is 0 Å². The number of nitrogens with one attached hydrogen (secondary N) is 1. The highest BCUT2D eigenvalue weighted by atomic mass is 16.6. The number of hydrogen-bond acceptors (Lipinski definition) is 2. The van der Waals surface area contributed by atoms with Gasteiger partial charge in [-0.1, -0.05) is 17.6 Å². The number of rotatable bonds is 1. The Morgan fingerprint density at radius 2 is 1.65 bits per heavy atom. The molecule has 0 saturated heterocycles. The Labute approximate surface area is 102 Å². The van der Waals surface area contributed by atoms with E-state index in [4.69, 9.17) is 12.6 Å². The van der Waals surface area contributed by atoms with Gasteiger partial charge in [0.15, 0.2) is 0 Å². The van der Waals surface area contributed by atoms with Crippen molar-refractivity contribution in [3.05, 3.63) is 24.3 Å². The molecule has 0 saturated carbocycles. The average molecular weight is 239 g/mol. The Kier molecular flexibility index (Phi) is 7.28. The van der Waals surface area contributed by atoms with E-state index in [2.05, 4.69) is 5.32 Å². The quantitative estimate of drug-likeness (QED) is 0.706. The summed E-state index contributed by atoms with van der Waals surface area (Å²) >= 11 is 0. The molecule has 2 radical (unpaired) electrons. The average Bonchev–Trinajstić information content (AvgIpc) is 2.05. The molecule has 0 aliphatic rings. The summed E-state index contributed by atoms with van der Waals surface area (Å²) in [6.07, 6.45) is -0.465. The Morgan fingerprint density at radius 1 is 1.18 bits per heavy atom. The summed E-state index contributed by atoms with van der Waals surface area (Å²) < 4.78 is 5.09. The van der Waals surface area contributed by atoms with Crippen molar-refractivity contribution in [2.75, 3.05) is 5.32 Å². The van der Waals surface area contributed by atoms with E-state index in [1.54, 1.807) is 24.3 Å². The summed E-state index contributed by atoms with van der Waals surface area (Å²) in [5.74, 6) is 0. The minimum atomic E-state index is -0.488. The van der Waals surface area contributed by atoms with Crippen LogP contribution < -0.4 is 10.8 Å². The molecule has 0 spiro atoms. The van der Waals surface area contributed by atoms with E-state index >= 15 is 0 Å². The summed E-state index contributed by atoms with van der Waals surface area (Å²) in [6.45, 7) is 5.45. The van der Waals surface area contributed by atoms with Crippen LogP contribution in [0, 0.1) is 0 Å². The van der Waals surface area contributed by atoms with Crippen LogP contribution >= 0.6 is 0 Å². The second-order valence-corrected chi connectivity index (χ2v) is 4.25. The normalized spacial score (nSPS) is 9.59. The van der Waals surface area contributed by atoms with Gasteiger partial charge in [0, 0.05) is 5.69 Å². The first-order valence-corrected chi connectivity index (χ1v) is 4.72. The zero-order chi connectivity index (χ0) is 11.5. The van der Waals surface area contributed by atoms with Crippen LogP contribution in [0.4, 0.5) is 10.5 Å². The summed E-state index contributed by atoms with van der Waals surface area (Å²) in [4.78, 5) is 11.3. The monoisotopic (exact) mass is 239 g/mol. The molecule has 5 nitrogen and oxygen atoms in total. The molecule has 0 aromatic heterocycles. The number of anilines is 1. The van der Waals surface area contributed by atoms with Crippen molar-refractivity contribution in [2.24, 2.45) is 0 Å². The number of benzene rings is 1. The second kappa shape index (κ2) is 6.93. The van der Waals surface area contributed by atoms with Crippen molar-refractivity contribution in [1.29, 1.82) is 0 Å². The smallest absolute Gasteiger partial charge is 0.412 e. The molecule has 0 fully saturated rings. The van der Waals surface area contributed by atoms with E-state index < -0.39 is 11.7 Å². The first-order chi connectivity index (χ1) is 6.87. The topological polar surface area (TPSA) is 101 Å². The first kappa shape index (κ1) is 17.9. The van der Waals surface area contributed by atoms with Crippen LogP contribution in [0.2, 0.25) is 0 Å². The van der Waals surface area contributed by atoms with E-state index in [-0.39, 0.29) is 11.0 Å². The third-order valence-corrected chi connectivity index (χ3v) is 1.56. The molecular formula is C11H18BNO4. The number of carbonyl (C=O) groups excluding carboxylic acids is 1. The molecule has 0 atom stereocenters. The molecule has 0 aliphatic carbocycles. The van der Waals surface area contributed by atoms with Crippen molar-refractivity contribution >= 4 is 25.1 Å². The predicted octanol–water partition coefficient (Wildman–Crippen LogP) is 0.178. The van der Waals surface area contributed by atoms with Crippen LogP contribution in [-0.4, -0.2) is 30.5 Å². The molecule has 5 N–H and O–H groups in total. The molecule has 1 rings (SSSR count). The lowest BCUT2D eigenvalue weighted by molar-refractivity contribution is 0.0636. The predicted molar refractivity (Wildman–Crippen MR) is 68.9 cm³/mol. The third kappa shape index (κ3) is 7.38. The van der Waals surface area contributed by atoms with Gasteiger partial charge < -0.3 is 15.7 Å². The van der Waals surface area contributed by atoms with Gasteiger partial charge in [-0.05, 0) is 32.9 Å². The van der Waals surface area contributed by atoms with Gasteiger partial charge in [-0.2, -0.15) is 0 Å². The number of amides is 1. The van der Waals surface area contributed by atoms with Crippen LogP contribution in [-0.2, 0) is 4.74 Å². The lowest BCUT2D eigenvalue weighted by atomic mass is 9.96. The Morgan fingerprint density at radius 3 is 2.06 bits per heavy atom. The Hall–Kier alpha value is -1.53. The van der Waals surface area contributed by atoms with Crippen LogP contribution in [0.15, 0.2) is 24.3 Å². The van der Waals surface area contributed by atoms with Gasteiger partial charge in [0.1, 0.15) is 13.4 Å². The van der Waals surface area contributed by atoms with Crippen LogP contribution in [0.25, 0.3) is 0 Å². The van der Waals surface area contributed by atoms with Gasteiger partial charge in [-0.15, -0.1) is 0 Å². The minimum absolute atomic E-state index is 0. The van der Waals surface area contributed by atoms with E-state index in [0.717, 1.165) is 0 Å². The highest BCUT2D eigenvalue weighted by molar-refractivity contribution is 6.32. The Bertz CT molecular complexity index is 345. The van der Waals surface area contributed by atoms with Gasteiger partial charge in [0.2, 0.25) is 0 Å². The summed E-state index contributed by atoms with van der Waals surface area (Å²) in [5, 5.41) is 2.61. The summed E-state index contributed by atoms with van der Waals surface area (Å²) in [6, 6.07) is 6.87. The fourth-order valence-electron chi connectivity index (χ4n) is 0.988. The maximum atomic E-state index is 11.3. The number of carbonyl (C=O) groups is 1. The molecule has 1 aromatic carbocycles. The third-order valence-electron chi connectivity index (χ3n) is 1.56. The molecule has 0 bridgehead atoms. The number of ether oxygens (including phenoxy) is 1. The largest absolute Gasteiger partial charge is 0.444 e.